The molecule has 1 saturated carbocycles. The first kappa shape index (κ1) is 15.0. The van der Waals surface area contributed by atoms with Gasteiger partial charge >= 0.3 is 11.9 Å². The van der Waals surface area contributed by atoms with E-state index in [1.165, 1.54) is 0 Å². The normalized spacial score (nSPS) is 48.3. The predicted octanol–water partition coefficient (Wildman–Crippen LogP) is 2.69. The molecule has 2 aliphatic carbocycles. The van der Waals surface area contributed by atoms with Crippen LogP contribution in [-0.2, 0) is 23.8 Å². The Kier molecular flexibility index (Phi) is 2.55. The molecule has 0 aromatic carbocycles. The molecule has 4 fully saturated rings. The molecule has 136 valence electrons. The van der Waals surface area contributed by atoms with E-state index in [1.807, 2.05) is 12.1 Å². The highest BCUT2D eigenvalue weighted by Crippen LogP contribution is 2.76. The Balaban J connectivity index is 1.49. The summed E-state index contributed by atoms with van der Waals surface area (Å²) < 4.78 is 22.8. The van der Waals surface area contributed by atoms with E-state index in [1.54, 1.807) is 12.5 Å². The smallest absolute Gasteiger partial charge is 0.334 e. The number of ether oxygens (including phenoxy) is 3. The Hall–Kier alpha value is -2.08. The van der Waals surface area contributed by atoms with Crippen molar-refractivity contribution in [1.29, 1.82) is 0 Å². The number of epoxide rings is 1. The van der Waals surface area contributed by atoms with Crippen molar-refractivity contribution >= 4 is 11.9 Å². The molecule has 6 heteroatoms. The van der Waals surface area contributed by atoms with Gasteiger partial charge in [-0.3, -0.25) is 4.79 Å². The van der Waals surface area contributed by atoms with Crippen molar-refractivity contribution < 1.29 is 28.2 Å². The van der Waals surface area contributed by atoms with E-state index in [2.05, 4.69) is 6.92 Å². The zero-order valence-corrected chi connectivity index (χ0v) is 14.5. The van der Waals surface area contributed by atoms with Crippen molar-refractivity contribution in [2.75, 3.05) is 6.61 Å². The van der Waals surface area contributed by atoms with Crippen molar-refractivity contribution in [3.63, 3.8) is 0 Å². The molecule has 3 saturated heterocycles. The lowest BCUT2D eigenvalue weighted by molar-refractivity contribution is -0.194. The van der Waals surface area contributed by atoms with E-state index in [0.717, 1.165) is 17.6 Å². The lowest BCUT2D eigenvalue weighted by Gasteiger charge is -2.57. The number of fused-ring (bicyclic) bond motifs is 1. The van der Waals surface area contributed by atoms with Gasteiger partial charge in [0.1, 0.15) is 18.3 Å². The van der Waals surface area contributed by atoms with E-state index in [4.69, 9.17) is 18.6 Å². The van der Waals surface area contributed by atoms with Gasteiger partial charge in [-0.2, -0.15) is 0 Å². The molecule has 1 aromatic heterocycles. The average molecular weight is 356 g/mol. The van der Waals surface area contributed by atoms with Gasteiger partial charge in [0, 0.05) is 16.6 Å². The lowest BCUT2D eigenvalue weighted by atomic mass is 9.45. The first-order valence-corrected chi connectivity index (χ1v) is 9.30. The molecular formula is C20H20O6. The van der Waals surface area contributed by atoms with Gasteiger partial charge in [-0.25, -0.2) is 4.79 Å². The summed E-state index contributed by atoms with van der Waals surface area (Å²) >= 11 is 0. The zero-order valence-electron chi connectivity index (χ0n) is 14.5. The second-order valence-electron chi connectivity index (χ2n) is 8.55. The number of esters is 2. The fraction of sp³-hybridized carbons (Fsp3) is 0.600. The summed E-state index contributed by atoms with van der Waals surface area (Å²) in [4.78, 5) is 25.3. The first-order chi connectivity index (χ1) is 12.5. The monoisotopic (exact) mass is 356 g/mol. The van der Waals surface area contributed by atoms with Crippen LogP contribution < -0.4 is 0 Å². The number of hydrogen-bond donors (Lipinski definition) is 0. The second kappa shape index (κ2) is 4.42. The molecule has 2 spiro atoms. The largest absolute Gasteiger partial charge is 0.472 e. The fourth-order valence-electron chi connectivity index (χ4n) is 6.55. The van der Waals surface area contributed by atoms with Crippen LogP contribution in [0.1, 0.15) is 44.3 Å². The molecule has 3 aliphatic heterocycles. The zero-order chi connectivity index (χ0) is 17.7. The van der Waals surface area contributed by atoms with Gasteiger partial charge in [0.15, 0.2) is 0 Å². The second-order valence-corrected chi connectivity index (χ2v) is 8.55. The molecule has 1 aromatic rings. The highest BCUT2D eigenvalue weighted by molar-refractivity contribution is 5.94. The van der Waals surface area contributed by atoms with Crippen LogP contribution in [0.4, 0.5) is 0 Å². The molecule has 6 unspecified atom stereocenters. The van der Waals surface area contributed by atoms with Crippen LogP contribution in [0.25, 0.3) is 0 Å². The summed E-state index contributed by atoms with van der Waals surface area (Å²) in [5.74, 6) is -0.591. The SMILES string of the molecule is CC12CC(c3ccoc3)OC(=O)C1CCC13COC(=O)C1=CCC1OC132. The molecule has 6 atom stereocenters. The number of cyclic esters (lactones) is 2. The average Bonchev–Trinajstić information content (AvgIpc) is 2.99. The minimum Gasteiger partial charge on any atom is -0.472 e. The van der Waals surface area contributed by atoms with E-state index >= 15 is 0 Å². The van der Waals surface area contributed by atoms with Crippen LogP contribution in [0, 0.1) is 16.7 Å². The molecule has 0 amide bonds. The summed E-state index contributed by atoms with van der Waals surface area (Å²) in [5.41, 5.74) is 0.305. The van der Waals surface area contributed by atoms with E-state index < -0.39 is 16.4 Å². The van der Waals surface area contributed by atoms with Crippen LogP contribution >= 0.6 is 0 Å². The molecule has 6 rings (SSSR count). The van der Waals surface area contributed by atoms with Crippen molar-refractivity contribution in [2.24, 2.45) is 16.7 Å². The van der Waals surface area contributed by atoms with Gasteiger partial charge in [-0.15, -0.1) is 0 Å². The van der Waals surface area contributed by atoms with Crippen molar-refractivity contribution in [1.82, 2.24) is 0 Å². The van der Waals surface area contributed by atoms with Crippen molar-refractivity contribution in [3.8, 4) is 0 Å². The topological polar surface area (TPSA) is 78.3 Å². The Morgan fingerprint density at radius 3 is 2.96 bits per heavy atom. The molecular weight excluding hydrogens is 336 g/mol. The standard InChI is InChI=1S/C20H20O6/c1-18-8-14(11-5-7-23-9-11)25-17(22)12(18)4-6-19-10-24-16(21)13(19)2-3-15-20(18,19)26-15/h2,5,7,9,12,14-15H,3-4,6,8,10H2,1H3. The molecule has 0 N–H and O–H groups in total. The number of rotatable bonds is 1. The lowest BCUT2D eigenvalue weighted by Crippen LogP contribution is -2.63. The molecule has 0 radical (unpaired) electrons. The van der Waals surface area contributed by atoms with Gasteiger partial charge < -0.3 is 18.6 Å². The Morgan fingerprint density at radius 2 is 2.15 bits per heavy atom. The summed E-state index contributed by atoms with van der Waals surface area (Å²) in [6.07, 6.45) is 7.74. The number of furan rings is 1. The van der Waals surface area contributed by atoms with Gasteiger partial charge in [-0.1, -0.05) is 13.0 Å². The minimum atomic E-state index is -0.513. The number of carbonyl (C=O) groups excluding carboxylic acids is 2. The van der Waals surface area contributed by atoms with Crippen LogP contribution in [0.15, 0.2) is 34.7 Å². The molecule has 5 aliphatic rings. The molecule has 0 bridgehead atoms. The van der Waals surface area contributed by atoms with Crippen LogP contribution in [-0.4, -0.2) is 30.3 Å². The van der Waals surface area contributed by atoms with Crippen molar-refractivity contribution in [2.45, 2.75) is 50.4 Å². The highest BCUT2D eigenvalue weighted by Gasteiger charge is 2.84. The summed E-state index contributed by atoms with van der Waals surface area (Å²) in [5, 5.41) is 0. The van der Waals surface area contributed by atoms with E-state index in [9.17, 15) is 9.59 Å². The number of carbonyl (C=O) groups is 2. The summed E-state index contributed by atoms with van der Waals surface area (Å²) in [7, 11) is 0. The van der Waals surface area contributed by atoms with Crippen LogP contribution in [0.2, 0.25) is 0 Å². The quantitative estimate of drug-likeness (QED) is 0.569. The molecule has 26 heavy (non-hydrogen) atoms. The predicted molar refractivity (Wildman–Crippen MR) is 86.7 cm³/mol. The molecule has 4 heterocycles. The van der Waals surface area contributed by atoms with Crippen molar-refractivity contribution in [3.05, 3.63) is 35.8 Å². The third-order valence-electron chi connectivity index (χ3n) is 7.70. The van der Waals surface area contributed by atoms with Crippen LogP contribution in [0.5, 0.6) is 0 Å². The van der Waals surface area contributed by atoms with Gasteiger partial charge in [0.05, 0.1) is 30.0 Å². The van der Waals surface area contributed by atoms with Gasteiger partial charge in [0.25, 0.3) is 0 Å². The first-order valence-electron chi connectivity index (χ1n) is 9.30. The summed E-state index contributed by atoms with van der Waals surface area (Å²) in [6, 6.07) is 1.84. The minimum absolute atomic E-state index is 0.0458. The number of hydrogen-bond acceptors (Lipinski definition) is 6. The maximum atomic E-state index is 12.9. The third-order valence-corrected chi connectivity index (χ3v) is 7.70. The highest BCUT2D eigenvalue weighted by atomic mass is 16.6. The maximum absolute atomic E-state index is 12.9. The fourth-order valence-corrected chi connectivity index (χ4v) is 6.55. The van der Waals surface area contributed by atoms with Gasteiger partial charge in [-0.05, 0) is 31.7 Å². The van der Waals surface area contributed by atoms with E-state index in [0.29, 0.717) is 25.9 Å². The Bertz CT molecular complexity index is 856. The summed E-state index contributed by atoms with van der Waals surface area (Å²) in [6.45, 7) is 2.51. The maximum Gasteiger partial charge on any atom is 0.334 e. The van der Waals surface area contributed by atoms with Gasteiger partial charge in [0.2, 0.25) is 0 Å². The van der Waals surface area contributed by atoms with E-state index in [-0.39, 0.29) is 30.1 Å². The third kappa shape index (κ3) is 1.43. The molecule has 6 nitrogen and oxygen atoms in total. The Labute approximate surface area is 150 Å². The van der Waals surface area contributed by atoms with Crippen LogP contribution in [0.3, 0.4) is 0 Å². The Morgan fingerprint density at radius 1 is 1.27 bits per heavy atom.